The maximum absolute atomic E-state index is 13.3. The van der Waals surface area contributed by atoms with Gasteiger partial charge in [-0.1, -0.05) is 52.9 Å². The molecule has 2 amide bonds. The van der Waals surface area contributed by atoms with Crippen molar-refractivity contribution < 1.29 is 46.3 Å². The molecule has 7 atom stereocenters. The van der Waals surface area contributed by atoms with E-state index in [9.17, 15) is 18.7 Å². The highest BCUT2D eigenvalue weighted by Gasteiger charge is 2.43. The fraction of sp³-hybridized carbons (Fsp3) is 0.946. The molecule has 0 bridgehead atoms. The molecule has 0 aromatic rings. The Hall–Kier alpha value is -0.840. The number of carbonyl (C=O) groups excluding carboxylic acids is 2. The van der Waals surface area contributed by atoms with Crippen molar-refractivity contribution in [2.75, 3.05) is 52.0 Å². The number of ether oxygens (including phenoxy) is 2. The van der Waals surface area contributed by atoms with Gasteiger partial charge in [-0.3, -0.25) is 18.7 Å². The zero-order valence-electron chi connectivity index (χ0n) is 32.9. The van der Waals surface area contributed by atoms with E-state index in [1.54, 1.807) is 27.7 Å². The molecule has 2 N–H and O–H groups in total. The van der Waals surface area contributed by atoms with Crippen molar-refractivity contribution in [3.63, 3.8) is 0 Å². The predicted molar refractivity (Wildman–Crippen MR) is 202 cm³/mol. The van der Waals surface area contributed by atoms with E-state index in [1.807, 2.05) is 0 Å². The van der Waals surface area contributed by atoms with Crippen LogP contribution in [-0.2, 0) is 46.3 Å². The van der Waals surface area contributed by atoms with Gasteiger partial charge < -0.3 is 38.2 Å². The zero-order valence-corrected chi connectivity index (χ0v) is 34.7. The summed E-state index contributed by atoms with van der Waals surface area (Å²) >= 11 is 0. The van der Waals surface area contributed by atoms with Gasteiger partial charge in [0.15, 0.2) is 0 Å². The first-order chi connectivity index (χ1) is 24.5. The molecule has 0 heterocycles. The van der Waals surface area contributed by atoms with E-state index in [1.165, 1.54) is 0 Å². The highest BCUT2D eigenvalue weighted by Crippen LogP contribution is 2.49. The van der Waals surface area contributed by atoms with Gasteiger partial charge in [-0.15, -0.1) is 0 Å². The van der Waals surface area contributed by atoms with Crippen molar-refractivity contribution in [1.29, 1.82) is 0 Å². The summed E-state index contributed by atoms with van der Waals surface area (Å²) in [7, 11) is -7.05. The van der Waals surface area contributed by atoms with Gasteiger partial charge in [0.1, 0.15) is 12.3 Å². The summed E-state index contributed by atoms with van der Waals surface area (Å²) in [6, 6.07) is -0.195. The van der Waals surface area contributed by atoms with Gasteiger partial charge in [-0.05, 0) is 96.8 Å². The summed E-state index contributed by atoms with van der Waals surface area (Å²) in [5, 5.41) is 6.34. The largest absolute Gasteiger partial charge is 0.378 e. The third-order valence-corrected chi connectivity index (χ3v) is 13.9. The molecule has 7 unspecified atom stereocenters. The van der Waals surface area contributed by atoms with E-state index < -0.39 is 15.2 Å². The van der Waals surface area contributed by atoms with E-state index in [4.69, 9.17) is 27.6 Å². The molecule has 12 nitrogen and oxygen atoms in total. The molecule has 0 aromatic heterocycles. The average Bonchev–Trinajstić information content (AvgIpc) is 3.06. The van der Waals surface area contributed by atoms with E-state index in [0.29, 0.717) is 13.2 Å². The van der Waals surface area contributed by atoms with Gasteiger partial charge in [-0.2, -0.15) is 0 Å². The fourth-order valence-corrected chi connectivity index (χ4v) is 10.8. The van der Waals surface area contributed by atoms with Crippen LogP contribution in [0.15, 0.2) is 0 Å². The maximum Gasteiger partial charge on any atom is 0.340 e. The molecule has 0 radical (unpaired) electrons. The van der Waals surface area contributed by atoms with Crippen LogP contribution in [0, 0.1) is 17.8 Å². The number of hydrogen-bond donors (Lipinski definition) is 2. The van der Waals surface area contributed by atoms with Crippen molar-refractivity contribution in [3.8, 4) is 0 Å². The summed E-state index contributed by atoms with van der Waals surface area (Å²) in [6.07, 6.45) is 11.5. The quantitative estimate of drug-likeness (QED) is 0.0619. The van der Waals surface area contributed by atoms with Crippen LogP contribution in [0.3, 0.4) is 0 Å². The lowest BCUT2D eigenvalue weighted by Crippen LogP contribution is -2.50. The van der Waals surface area contributed by atoms with Crippen molar-refractivity contribution in [2.45, 2.75) is 156 Å². The minimum atomic E-state index is -3.53. The molecule has 2 aliphatic carbocycles. The van der Waals surface area contributed by atoms with Crippen molar-refractivity contribution in [1.82, 2.24) is 10.6 Å². The van der Waals surface area contributed by atoms with Gasteiger partial charge in [0.25, 0.3) is 0 Å². The van der Waals surface area contributed by atoms with Crippen LogP contribution in [0.5, 0.6) is 0 Å². The lowest BCUT2D eigenvalue weighted by atomic mass is 9.69. The topological polar surface area (TPSA) is 148 Å². The molecule has 300 valence electrons. The number of hydrogen-bond acceptors (Lipinski definition) is 10. The van der Waals surface area contributed by atoms with Crippen LogP contribution < -0.4 is 10.6 Å². The summed E-state index contributed by atoms with van der Waals surface area (Å²) in [4.78, 5) is 26.4. The predicted octanol–water partition coefficient (Wildman–Crippen LogP) is 8.27. The number of amides is 2. The minimum Gasteiger partial charge on any atom is -0.378 e. The first-order valence-corrected chi connectivity index (χ1v) is 23.5. The first-order valence-electron chi connectivity index (χ1n) is 20.1. The highest BCUT2D eigenvalue weighted by atomic mass is 31.2. The molecule has 2 rings (SSSR count). The SMILES string of the molecule is CCCCCOC1CCC(NC(=O)CP(=O)(OCC)OCC)CC1CC1CC(NC(=O)CP(=O)(OCC)OCC)CC(CC)C1OCCCCC. The van der Waals surface area contributed by atoms with Crippen LogP contribution in [0.2, 0.25) is 0 Å². The van der Waals surface area contributed by atoms with Crippen molar-refractivity contribution >= 4 is 27.0 Å². The number of carbonyl (C=O) groups is 2. The molecule has 0 aliphatic heterocycles. The molecule has 51 heavy (non-hydrogen) atoms. The lowest BCUT2D eigenvalue weighted by molar-refractivity contribution is -0.121. The Kier molecular flexibility index (Phi) is 23.0. The summed E-state index contributed by atoms with van der Waals surface area (Å²) in [5.74, 6) is -0.0957. The monoisotopic (exact) mass is 766 g/mol. The van der Waals surface area contributed by atoms with Gasteiger partial charge in [-0.25, -0.2) is 0 Å². The second-order valence-electron chi connectivity index (χ2n) is 14.1. The Bertz CT molecular complexity index is 1060. The Morgan fingerprint density at radius 2 is 1.06 bits per heavy atom. The first kappa shape index (κ1) is 46.3. The molecular formula is C37H72N2O10P2. The molecule has 0 spiro atoms. The minimum absolute atomic E-state index is 0.0388. The summed E-state index contributed by atoms with van der Waals surface area (Å²) < 4.78 is 61.1. The third kappa shape index (κ3) is 17.0. The molecular weight excluding hydrogens is 694 g/mol. The average molecular weight is 767 g/mol. The second kappa shape index (κ2) is 25.3. The van der Waals surface area contributed by atoms with Crippen LogP contribution in [-0.4, -0.2) is 88.1 Å². The van der Waals surface area contributed by atoms with Gasteiger partial charge in [0, 0.05) is 25.3 Å². The van der Waals surface area contributed by atoms with Crippen molar-refractivity contribution in [2.24, 2.45) is 17.8 Å². The molecule has 2 fully saturated rings. The van der Waals surface area contributed by atoms with Gasteiger partial charge in [0.05, 0.1) is 38.6 Å². The molecule has 14 heteroatoms. The van der Waals surface area contributed by atoms with E-state index >= 15 is 0 Å². The molecule has 0 saturated heterocycles. The van der Waals surface area contributed by atoms with Crippen LogP contribution in [0.1, 0.15) is 132 Å². The van der Waals surface area contributed by atoms with E-state index in [-0.39, 0.29) is 92.6 Å². The number of nitrogens with one attached hydrogen (secondary N) is 2. The Morgan fingerprint density at radius 1 is 0.588 bits per heavy atom. The Morgan fingerprint density at radius 3 is 1.55 bits per heavy atom. The number of rotatable bonds is 27. The second-order valence-corrected chi connectivity index (χ2v) is 18.2. The lowest BCUT2D eigenvalue weighted by Gasteiger charge is -2.45. The molecule has 2 aliphatic rings. The fourth-order valence-electron chi connectivity index (χ4n) is 7.82. The van der Waals surface area contributed by atoms with Crippen LogP contribution >= 0.6 is 15.2 Å². The Labute approximate surface area is 309 Å². The van der Waals surface area contributed by atoms with E-state index in [2.05, 4.69) is 31.4 Å². The Balaban J connectivity index is 2.29. The number of unbranched alkanes of at least 4 members (excludes halogenated alkanes) is 4. The smallest absolute Gasteiger partial charge is 0.340 e. The van der Waals surface area contributed by atoms with Crippen LogP contribution in [0.4, 0.5) is 0 Å². The normalized spacial score (nSPS) is 25.8. The van der Waals surface area contributed by atoms with Crippen LogP contribution in [0.25, 0.3) is 0 Å². The summed E-state index contributed by atoms with van der Waals surface area (Å²) in [6.45, 7) is 15.7. The highest BCUT2D eigenvalue weighted by molar-refractivity contribution is 7.55. The molecule has 0 aromatic carbocycles. The third-order valence-electron chi connectivity index (χ3n) is 9.99. The standard InChI is InChI=1S/C37H72N2O10P2/c1-8-15-17-21-44-34-20-19-32(38-35(40)27-50(42,46-11-4)47-12-5)25-30(34)23-31-26-33(24-29(10-3)37(31)45-22-18-16-9-2)39-36(41)28-51(43,48-13-6)49-14-7/h29-34,37H,8-28H2,1-7H3,(H,38,40)(H,39,41). The zero-order chi connectivity index (χ0) is 37.7. The van der Waals surface area contributed by atoms with Crippen molar-refractivity contribution in [3.05, 3.63) is 0 Å². The van der Waals surface area contributed by atoms with Gasteiger partial charge >= 0.3 is 15.2 Å². The molecule has 2 saturated carbocycles. The van der Waals surface area contributed by atoms with Gasteiger partial charge in [0.2, 0.25) is 11.8 Å². The van der Waals surface area contributed by atoms with E-state index in [0.717, 1.165) is 83.5 Å². The maximum atomic E-state index is 13.3. The summed E-state index contributed by atoms with van der Waals surface area (Å²) in [5.41, 5.74) is 0.